The van der Waals surface area contributed by atoms with E-state index in [4.69, 9.17) is 0 Å². The van der Waals surface area contributed by atoms with Gasteiger partial charge in [-0.1, -0.05) is 19.1 Å². The summed E-state index contributed by atoms with van der Waals surface area (Å²) < 4.78 is 13.4. The number of thiazole rings is 1. The van der Waals surface area contributed by atoms with E-state index in [0.29, 0.717) is 0 Å². The van der Waals surface area contributed by atoms with Gasteiger partial charge in [0.1, 0.15) is 10.8 Å². The van der Waals surface area contributed by atoms with E-state index in [1.807, 2.05) is 13.0 Å². The molecule has 0 radical (unpaired) electrons. The first kappa shape index (κ1) is 15.1. The van der Waals surface area contributed by atoms with Crippen LogP contribution in [-0.4, -0.2) is 11.5 Å². The molecule has 0 bridgehead atoms. The molecule has 1 aromatic heterocycles. The molecule has 1 N–H and O–H groups in total. The van der Waals surface area contributed by atoms with Crippen molar-refractivity contribution in [2.24, 2.45) is 0 Å². The van der Waals surface area contributed by atoms with Gasteiger partial charge in [0.25, 0.3) is 0 Å². The predicted molar refractivity (Wildman–Crippen MR) is 82.6 cm³/mol. The average Bonchev–Trinajstić information content (AvgIpc) is 2.84. The lowest BCUT2D eigenvalue weighted by Gasteiger charge is -2.29. The average molecular weight is 292 g/mol. The quantitative estimate of drug-likeness (QED) is 0.869. The zero-order valence-corrected chi connectivity index (χ0v) is 13.1. The molecule has 2 nitrogen and oxygen atoms in total. The van der Waals surface area contributed by atoms with Crippen LogP contribution in [0.25, 0.3) is 0 Å². The lowest BCUT2D eigenvalue weighted by molar-refractivity contribution is 0.361. The lowest BCUT2D eigenvalue weighted by atomic mass is 9.93. The molecule has 0 aliphatic rings. The fourth-order valence-electron chi connectivity index (χ4n) is 2.28. The minimum atomic E-state index is -0.247. The summed E-state index contributed by atoms with van der Waals surface area (Å²) in [6.45, 7) is 7.21. The summed E-state index contributed by atoms with van der Waals surface area (Å²) in [5.41, 5.74) is 1.78. The molecule has 20 heavy (non-hydrogen) atoms. The SMILES string of the molecule is CCCNC(C)(Cc1cccc(F)c1)c1nc(C)cs1. The van der Waals surface area contributed by atoms with Gasteiger partial charge < -0.3 is 5.32 Å². The number of benzene rings is 1. The normalized spacial score (nSPS) is 14.2. The number of hydrogen-bond acceptors (Lipinski definition) is 3. The van der Waals surface area contributed by atoms with E-state index in [0.717, 1.165) is 35.7 Å². The van der Waals surface area contributed by atoms with E-state index in [1.165, 1.54) is 6.07 Å². The maximum Gasteiger partial charge on any atom is 0.123 e. The first-order valence-electron chi connectivity index (χ1n) is 6.95. The smallest absolute Gasteiger partial charge is 0.123 e. The van der Waals surface area contributed by atoms with Crippen LogP contribution in [0, 0.1) is 12.7 Å². The van der Waals surface area contributed by atoms with Crippen molar-refractivity contribution in [2.45, 2.75) is 39.2 Å². The molecular weight excluding hydrogens is 271 g/mol. The molecule has 1 heterocycles. The Bertz CT molecular complexity index is 567. The molecule has 0 saturated heterocycles. The maximum atomic E-state index is 13.4. The summed E-state index contributed by atoms with van der Waals surface area (Å²) in [4.78, 5) is 4.62. The molecule has 0 aliphatic carbocycles. The molecule has 108 valence electrons. The van der Waals surface area contributed by atoms with Crippen LogP contribution in [-0.2, 0) is 12.0 Å². The van der Waals surface area contributed by atoms with Crippen molar-refractivity contribution in [3.63, 3.8) is 0 Å². The van der Waals surface area contributed by atoms with Crippen LogP contribution >= 0.6 is 11.3 Å². The van der Waals surface area contributed by atoms with Crippen LogP contribution in [0.3, 0.4) is 0 Å². The van der Waals surface area contributed by atoms with E-state index in [2.05, 4.69) is 29.5 Å². The standard InChI is InChI=1S/C16H21FN2S/c1-4-8-18-16(3,15-19-12(2)11-20-15)10-13-6-5-7-14(17)9-13/h5-7,9,11,18H,4,8,10H2,1-3H3. The molecule has 0 spiro atoms. The number of halogens is 1. The van der Waals surface area contributed by atoms with Crippen molar-refractivity contribution >= 4 is 11.3 Å². The van der Waals surface area contributed by atoms with Gasteiger partial charge in [0, 0.05) is 11.1 Å². The summed E-state index contributed by atoms with van der Waals surface area (Å²) >= 11 is 1.66. The molecule has 2 aromatic rings. The fraction of sp³-hybridized carbons (Fsp3) is 0.438. The molecule has 0 amide bonds. The van der Waals surface area contributed by atoms with Crippen molar-refractivity contribution in [3.8, 4) is 0 Å². The zero-order chi connectivity index (χ0) is 14.6. The fourth-order valence-corrected chi connectivity index (χ4v) is 3.21. The molecule has 4 heteroatoms. The maximum absolute atomic E-state index is 13.4. The summed E-state index contributed by atoms with van der Waals surface area (Å²) in [6, 6.07) is 6.81. The van der Waals surface area contributed by atoms with Crippen molar-refractivity contribution in [1.82, 2.24) is 10.3 Å². The third-order valence-electron chi connectivity index (χ3n) is 3.30. The van der Waals surface area contributed by atoms with Crippen LogP contribution in [0.4, 0.5) is 4.39 Å². The van der Waals surface area contributed by atoms with E-state index >= 15 is 0 Å². The van der Waals surface area contributed by atoms with Crippen LogP contribution in [0.5, 0.6) is 0 Å². The molecular formula is C16H21FN2S. The summed E-state index contributed by atoms with van der Waals surface area (Å²) in [5, 5.41) is 6.69. The van der Waals surface area contributed by atoms with Crippen LogP contribution in [0.15, 0.2) is 29.6 Å². The highest BCUT2D eigenvalue weighted by molar-refractivity contribution is 7.09. The zero-order valence-electron chi connectivity index (χ0n) is 12.2. The lowest BCUT2D eigenvalue weighted by Crippen LogP contribution is -2.42. The van der Waals surface area contributed by atoms with Crippen LogP contribution in [0.2, 0.25) is 0 Å². The Balaban J connectivity index is 2.27. The second kappa shape index (κ2) is 6.46. The minimum absolute atomic E-state index is 0.185. The summed E-state index contributed by atoms with van der Waals surface area (Å²) in [6.07, 6.45) is 1.79. The summed E-state index contributed by atoms with van der Waals surface area (Å²) in [7, 11) is 0. The summed E-state index contributed by atoms with van der Waals surface area (Å²) in [5.74, 6) is -0.185. The second-order valence-corrected chi connectivity index (χ2v) is 6.22. The van der Waals surface area contributed by atoms with Gasteiger partial charge >= 0.3 is 0 Å². The van der Waals surface area contributed by atoms with Crippen LogP contribution in [0.1, 0.15) is 36.5 Å². The molecule has 1 unspecified atom stereocenters. The Morgan fingerprint density at radius 3 is 2.80 bits per heavy atom. The van der Waals surface area contributed by atoms with Gasteiger partial charge in [0.15, 0.2) is 0 Å². The van der Waals surface area contributed by atoms with E-state index < -0.39 is 0 Å². The third-order valence-corrected chi connectivity index (χ3v) is 4.53. The highest BCUT2D eigenvalue weighted by atomic mass is 32.1. The largest absolute Gasteiger partial charge is 0.305 e. The Hall–Kier alpha value is -1.26. The first-order chi connectivity index (χ1) is 9.53. The number of nitrogens with zero attached hydrogens (tertiary/aromatic N) is 1. The second-order valence-electron chi connectivity index (χ2n) is 5.36. The molecule has 0 saturated carbocycles. The molecule has 2 rings (SSSR count). The van der Waals surface area contributed by atoms with Crippen LogP contribution < -0.4 is 5.32 Å². The highest BCUT2D eigenvalue weighted by Crippen LogP contribution is 2.28. The monoisotopic (exact) mass is 292 g/mol. The molecule has 0 fully saturated rings. The van der Waals surface area contributed by atoms with Crippen molar-refractivity contribution in [3.05, 3.63) is 51.7 Å². The highest BCUT2D eigenvalue weighted by Gasteiger charge is 2.29. The minimum Gasteiger partial charge on any atom is -0.305 e. The third kappa shape index (κ3) is 3.64. The molecule has 1 aromatic carbocycles. The number of rotatable bonds is 6. The predicted octanol–water partition coefficient (Wildman–Crippen LogP) is 4.05. The Morgan fingerprint density at radius 1 is 1.40 bits per heavy atom. The Labute approximate surface area is 124 Å². The van der Waals surface area contributed by atoms with E-state index in [9.17, 15) is 4.39 Å². The van der Waals surface area contributed by atoms with E-state index in [1.54, 1.807) is 23.5 Å². The topological polar surface area (TPSA) is 24.9 Å². The number of hydrogen-bond donors (Lipinski definition) is 1. The van der Waals surface area contributed by atoms with Gasteiger partial charge in [-0.15, -0.1) is 11.3 Å². The van der Waals surface area contributed by atoms with Crippen molar-refractivity contribution in [2.75, 3.05) is 6.54 Å². The van der Waals surface area contributed by atoms with Gasteiger partial charge in [-0.25, -0.2) is 9.37 Å². The van der Waals surface area contributed by atoms with Gasteiger partial charge in [-0.05, 0) is 50.9 Å². The first-order valence-corrected chi connectivity index (χ1v) is 7.83. The molecule has 0 aliphatic heterocycles. The number of aromatic nitrogens is 1. The van der Waals surface area contributed by atoms with Gasteiger partial charge in [-0.2, -0.15) is 0 Å². The van der Waals surface area contributed by atoms with Crippen molar-refractivity contribution in [1.29, 1.82) is 0 Å². The van der Waals surface area contributed by atoms with Gasteiger partial charge in [0.2, 0.25) is 0 Å². The van der Waals surface area contributed by atoms with Gasteiger partial charge in [-0.3, -0.25) is 0 Å². The molecule has 1 atom stereocenters. The van der Waals surface area contributed by atoms with E-state index in [-0.39, 0.29) is 11.4 Å². The Morgan fingerprint density at radius 2 is 2.20 bits per heavy atom. The van der Waals surface area contributed by atoms with Gasteiger partial charge in [0.05, 0.1) is 5.54 Å². The Kier molecular flexibility index (Phi) is 4.89. The number of aryl methyl sites for hydroxylation is 1. The van der Waals surface area contributed by atoms with Crippen molar-refractivity contribution < 1.29 is 4.39 Å². The number of nitrogens with one attached hydrogen (secondary N) is 1.